The molecule has 150 valence electrons. The van der Waals surface area contributed by atoms with Gasteiger partial charge < -0.3 is 18.6 Å². The predicted molar refractivity (Wildman–Crippen MR) is 101 cm³/mol. The number of benzene rings is 1. The second kappa shape index (κ2) is 7.30. The van der Waals surface area contributed by atoms with Gasteiger partial charge in [0.25, 0.3) is 0 Å². The summed E-state index contributed by atoms with van der Waals surface area (Å²) in [5, 5.41) is 0.646. The number of carbonyl (C=O) groups excluding carboxylic acids is 2. The molecule has 0 fully saturated rings. The van der Waals surface area contributed by atoms with E-state index in [1.807, 2.05) is 13.8 Å². The van der Waals surface area contributed by atoms with Crippen LogP contribution >= 0.6 is 0 Å². The van der Waals surface area contributed by atoms with Crippen molar-refractivity contribution in [2.45, 2.75) is 58.8 Å². The molecule has 1 aromatic heterocycles. The maximum Gasteiger partial charge on any atom is 0.336 e. The number of hydrogen-bond acceptors (Lipinski definition) is 7. The molecule has 0 N–H and O–H groups in total. The summed E-state index contributed by atoms with van der Waals surface area (Å²) in [6.07, 6.45) is -1.68. The smallest absolute Gasteiger partial charge is 0.336 e. The molecule has 7 nitrogen and oxygen atoms in total. The van der Waals surface area contributed by atoms with Crippen LogP contribution < -0.4 is 10.4 Å². The molecule has 2 atom stereocenters. The summed E-state index contributed by atoms with van der Waals surface area (Å²) < 4.78 is 22.7. The molecule has 7 heteroatoms. The van der Waals surface area contributed by atoms with Crippen LogP contribution in [-0.2, 0) is 19.1 Å². The highest BCUT2D eigenvalue weighted by atomic mass is 16.6. The number of hydrogen-bond donors (Lipinski definition) is 0. The van der Waals surface area contributed by atoms with Crippen molar-refractivity contribution in [1.82, 2.24) is 0 Å². The van der Waals surface area contributed by atoms with Crippen LogP contribution in [0.4, 0.5) is 0 Å². The minimum absolute atomic E-state index is 0.0949. The molecule has 0 radical (unpaired) electrons. The van der Waals surface area contributed by atoms with E-state index >= 15 is 0 Å². The van der Waals surface area contributed by atoms with Crippen molar-refractivity contribution in [2.24, 2.45) is 5.92 Å². The highest BCUT2D eigenvalue weighted by Gasteiger charge is 2.49. The fraction of sp³-hybridized carbons (Fsp3) is 0.476. The molecule has 0 saturated heterocycles. The van der Waals surface area contributed by atoms with E-state index in [1.54, 1.807) is 32.0 Å². The van der Waals surface area contributed by atoms with E-state index in [0.29, 0.717) is 16.7 Å². The lowest BCUT2D eigenvalue weighted by Crippen LogP contribution is -2.52. The van der Waals surface area contributed by atoms with E-state index < -0.39 is 35.4 Å². The number of carbonyl (C=O) groups is 2. The third-order valence-electron chi connectivity index (χ3n) is 4.53. The third-order valence-corrected chi connectivity index (χ3v) is 4.53. The lowest BCUT2D eigenvalue weighted by atomic mass is 9.87. The largest absolute Gasteiger partial charge is 0.483 e. The Morgan fingerprint density at radius 2 is 1.82 bits per heavy atom. The number of fused-ring (bicyclic) bond motifs is 3. The van der Waals surface area contributed by atoms with Gasteiger partial charge in [-0.05, 0) is 38.0 Å². The fourth-order valence-electron chi connectivity index (χ4n) is 3.38. The van der Waals surface area contributed by atoms with E-state index in [9.17, 15) is 14.4 Å². The van der Waals surface area contributed by atoms with E-state index in [4.69, 9.17) is 18.6 Å². The summed E-state index contributed by atoms with van der Waals surface area (Å²) in [4.78, 5) is 36.1. The van der Waals surface area contributed by atoms with Crippen molar-refractivity contribution < 1.29 is 28.2 Å². The molecule has 0 bridgehead atoms. The maximum atomic E-state index is 12.5. The zero-order valence-corrected chi connectivity index (χ0v) is 16.6. The molecule has 1 aliphatic rings. The maximum absolute atomic E-state index is 12.5. The van der Waals surface area contributed by atoms with Gasteiger partial charge in [0.15, 0.2) is 12.2 Å². The van der Waals surface area contributed by atoms with Crippen molar-refractivity contribution >= 4 is 22.9 Å². The van der Waals surface area contributed by atoms with Crippen molar-refractivity contribution in [3.05, 3.63) is 40.2 Å². The average Bonchev–Trinajstić information content (AvgIpc) is 2.56. The highest BCUT2D eigenvalue weighted by Crippen LogP contribution is 2.46. The molecule has 0 aliphatic carbocycles. The number of ether oxygens (including phenoxy) is 3. The predicted octanol–water partition coefficient (Wildman–Crippen LogP) is 3.53. The van der Waals surface area contributed by atoms with Gasteiger partial charge in [0.05, 0.1) is 5.56 Å². The van der Waals surface area contributed by atoms with Crippen LogP contribution in [0.3, 0.4) is 0 Å². The lowest BCUT2D eigenvalue weighted by Gasteiger charge is -2.43. The van der Waals surface area contributed by atoms with E-state index in [-0.39, 0.29) is 17.9 Å². The molecule has 0 amide bonds. The van der Waals surface area contributed by atoms with E-state index in [2.05, 4.69) is 0 Å². The van der Waals surface area contributed by atoms with Crippen LogP contribution in [0.1, 0.15) is 52.7 Å². The van der Waals surface area contributed by atoms with Crippen LogP contribution in [0, 0.1) is 5.92 Å². The molecular weight excluding hydrogens is 364 g/mol. The second-order valence-corrected chi connectivity index (χ2v) is 7.89. The van der Waals surface area contributed by atoms with Crippen LogP contribution in [-0.4, -0.2) is 23.6 Å². The molecule has 3 rings (SSSR count). The summed E-state index contributed by atoms with van der Waals surface area (Å²) in [5.41, 5.74) is -0.871. The SMILES string of the molecule is CC(=O)O[C@@H]1C(OC(=O)CC(C)C)c2c(ccc3ccc(=O)oc23)OC1(C)C. The highest BCUT2D eigenvalue weighted by molar-refractivity contribution is 5.83. The Balaban J connectivity index is 2.20. The third kappa shape index (κ3) is 3.88. The van der Waals surface area contributed by atoms with Crippen LogP contribution in [0.15, 0.2) is 33.5 Å². The lowest BCUT2D eigenvalue weighted by molar-refractivity contribution is -0.189. The van der Waals surface area contributed by atoms with Crippen LogP contribution in [0.2, 0.25) is 0 Å². The van der Waals surface area contributed by atoms with Gasteiger partial charge in [-0.2, -0.15) is 0 Å². The molecule has 2 aromatic rings. The van der Waals surface area contributed by atoms with Gasteiger partial charge >= 0.3 is 17.6 Å². The van der Waals surface area contributed by atoms with Gasteiger partial charge in [-0.25, -0.2) is 4.79 Å². The molecule has 0 saturated carbocycles. The molecule has 28 heavy (non-hydrogen) atoms. The van der Waals surface area contributed by atoms with Crippen molar-refractivity contribution in [3.8, 4) is 5.75 Å². The Kier molecular flexibility index (Phi) is 5.19. The first-order valence-corrected chi connectivity index (χ1v) is 9.21. The second-order valence-electron chi connectivity index (χ2n) is 7.89. The van der Waals surface area contributed by atoms with Gasteiger partial charge in [-0.1, -0.05) is 13.8 Å². The molecule has 2 heterocycles. The van der Waals surface area contributed by atoms with Crippen molar-refractivity contribution in [2.75, 3.05) is 0 Å². The van der Waals surface area contributed by atoms with Crippen molar-refractivity contribution in [3.63, 3.8) is 0 Å². The minimum atomic E-state index is -0.969. The standard InChI is InChI=1S/C21H24O7/c1-11(2)10-16(24)27-19-17-14(28-21(4,5)20(19)25-12(3)22)8-6-13-7-9-15(23)26-18(13)17/h6-9,11,19-20H,10H2,1-5H3/t19?,20-/m1/s1. The van der Waals surface area contributed by atoms with Crippen molar-refractivity contribution in [1.29, 1.82) is 0 Å². The van der Waals surface area contributed by atoms with E-state index in [0.717, 1.165) is 0 Å². The molecule has 1 aromatic carbocycles. The van der Waals surface area contributed by atoms with Gasteiger partial charge in [0.1, 0.15) is 16.9 Å². The van der Waals surface area contributed by atoms with Crippen LogP contribution in [0.25, 0.3) is 11.0 Å². The molecular formula is C21H24O7. The zero-order valence-electron chi connectivity index (χ0n) is 16.6. The molecule has 0 spiro atoms. The Labute approximate surface area is 162 Å². The number of esters is 2. The van der Waals surface area contributed by atoms with Gasteiger partial charge in [0.2, 0.25) is 0 Å². The first kappa shape index (κ1) is 19.9. The summed E-state index contributed by atoms with van der Waals surface area (Å²) in [7, 11) is 0. The Bertz CT molecular complexity index is 970. The van der Waals surface area contributed by atoms with E-state index in [1.165, 1.54) is 13.0 Å². The zero-order chi connectivity index (χ0) is 20.6. The number of rotatable bonds is 4. The Hall–Kier alpha value is -2.83. The fourth-order valence-corrected chi connectivity index (χ4v) is 3.38. The first-order valence-electron chi connectivity index (χ1n) is 9.21. The molecule has 1 unspecified atom stereocenters. The summed E-state index contributed by atoms with van der Waals surface area (Å²) >= 11 is 0. The van der Waals surface area contributed by atoms with Gasteiger partial charge in [0, 0.05) is 24.8 Å². The molecule has 1 aliphatic heterocycles. The monoisotopic (exact) mass is 388 g/mol. The van der Waals surface area contributed by atoms with Gasteiger partial charge in [-0.15, -0.1) is 0 Å². The quantitative estimate of drug-likeness (QED) is 0.584. The van der Waals surface area contributed by atoms with Crippen LogP contribution in [0.5, 0.6) is 5.75 Å². The first-order chi connectivity index (χ1) is 13.1. The topological polar surface area (TPSA) is 92.0 Å². The Morgan fingerprint density at radius 1 is 1.14 bits per heavy atom. The average molecular weight is 388 g/mol. The normalized spacial score (nSPS) is 20.4. The summed E-state index contributed by atoms with van der Waals surface area (Å²) in [6, 6.07) is 6.42. The minimum Gasteiger partial charge on any atom is -0.483 e. The summed E-state index contributed by atoms with van der Waals surface area (Å²) in [6.45, 7) is 8.58. The Morgan fingerprint density at radius 3 is 2.46 bits per heavy atom. The summed E-state index contributed by atoms with van der Waals surface area (Å²) in [5.74, 6) is -0.456. The van der Waals surface area contributed by atoms with Gasteiger partial charge in [-0.3, -0.25) is 9.59 Å².